The Morgan fingerprint density at radius 3 is 2.74 bits per heavy atom. The summed E-state index contributed by atoms with van der Waals surface area (Å²) in [6.07, 6.45) is 2.80. The van der Waals surface area contributed by atoms with Crippen molar-refractivity contribution in [3.05, 3.63) is 28.8 Å². The number of halogens is 1. The molecule has 0 radical (unpaired) electrons. The van der Waals surface area contributed by atoms with Crippen molar-refractivity contribution in [1.29, 1.82) is 0 Å². The fourth-order valence-corrected chi connectivity index (χ4v) is 2.85. The van der Waals surface area contributed by atoms with Gasteiger partial charge in [0.15, 0.2) is 0 Å². The Kier molecular flexibility index (Phi) is 5.08. The van der Waals surface area contributed by atoms with Gasteiger partial charge < -0.3 is 14.6 Å². The summed E-state index contributed by atoms with van der Waals surface area (Å²) in [6.45, 7) is 2.79. The third-order valence-electron chi connectivity index (χ3n) is 3.71. The maximum absolute atomic E-state index is 10.2. The van der Waals surface area contributed by atoms with E-state index in [0.29, 0.717) is 22.8 Å². The Morgan fingerprint density at radius 1 is 1.42 bits per heavy atom. The number of hydrogen-bond acceptors (Lipinski definition) is 3. The molecule has 0 saturated heterocycles. The Balaban J connectivity index is 1.87. The quantitative estimate of drug-likeness (QED) is 0.868. The van der Waals surface area contributed by atoms with Gasteiger partial charge in [-0.3, -0.25) is 0 Å². The van der Waals surface area contributed by atoms with Crippen LogP contribution in [0.5, 0.6) is 5.75 Å². The summed E-state index contributed by atoms with van der Waals surface area (Å²) in [6, 6.07) is 5.45. The highest BCUT2D eigenvalue weighted by molar-refractivity contribution is 6.32. The fourth-order valence-electron chi connectivity index (χ4n) is 2.58. The first-order valence-electron chi connectivity index (χ1n) is 6.77. The van der Waals surface area contributed by atoms with Crippen LogP contribution in [0.1, 0.15) is 37.9 Å². The van der Waals surface area contributed by atoms with Gasteiger partial charge in [0.1, 0.15) is 5.75 Å². The summed E-state index contributed by atoms with van der Waals surface area (Å²) in [4.78, 5) is 0. The maximum atomic E-state index is 10.2. The minimum absolute atomic E-state index is 0.390. The van der Waals surface area contributed by atoms with E-state index in [1.165, 1.54) is 0 Å². The molecule has 1 aliphatic rings. The van der Waals surface area contributed by atoms with E-state index in [2.05, 4.69) is 0 Å². The number of aliphatic hydroxyl groups is 1. The van der Waals surface area contributed by atoms with Crippen molar-refractivity contribution >= 4 is 11.6 Å². The molecule has 0 heterocycles. The molecule has 2 rings (SSSR count). The van der Waals surface area contributed by atoms with Gasteiger partial charge in [0.05, 0.1) is 24.3 Å². The van der Waals surface area contributed by atoms with Crippen LogP contribution in [0.3, 0.4) is 0 Å². The summed E-state index contributed by atoms with van der Waals surface area (Å²) in [5.41, 5.74) is 0.852. The van der Waals surface area contributed by atoms with Crippen LogP contribution in [-0.2, 0) is 4.74 Å². The van der Waals surface area contributed by atoms with Crippen LogP contribution < -0.4 is 4.74 Å². The molecule has 1 atom stereocenters. The second-order valence-corrected chi connectivity index (χ2v) is 5.47. The first-order chi connectivity index (χ1) is 9.13. The maximum Gasteiger partial charge on any atom is 0.137 e. The van der Waals surface area contributed by atoms with Crippen LogP contribution in [0, 0.1) is 5.92 Å². The zero-order valence-electron chi connectivity index (χ0n) is 11.4. The van der Waals surface area contributed by atoms with E-state index in [1.807, 2.05) is 13.0 Å². The predicted molar refractivity (Wildman–Crippen MR) is 75.7 cm³/mol. The third kappa shape index (κ3) is 3.62. The Bertz CT molecular complexity index is 416. The molecule has 0 aliphatic heterocycles. The molecule has 4 heteroatoms. The smallest absolute Gasteiger partial charge is 0.137 e. The lowest BCUT2D eigenvalue weighted by Gasteiger charge is -2.36. The van der Waals surface area contributed by atoms with E-state index in [1.54, 1.807) is 19.2 Å². The summed E-state index contributed by atoms with van der Waals surface area (Å²) in [5, 5.41) is 10.8. The predicted octanol–water partition coefficient (Wildman–Crippen LogP) is 3.59. The highest BCUT2D eigenvalue weighted by Gasteiger charge is 2.31. The van der Waals surface area contributed by atoms with Crippen LogP contribution >= 0.6 is 11.6 Å². The molecule has 19 heavy (non-hydrogen) atoms. The molecule has 1 unspecified atom stereocenters. The van der Waals surface area contributed by atoms with Gasteiger partial charge in [0, 0.05) is 6.61 Å². The lowest BCUT2D eigenvalue weighted by molar-refractivity contribution is -0.0380. The molecule has 1 aromatic carbocycles. The van der Waals surface area contributed by atoms with Crippen molar-refractivity contribution in [3.8, 4) is 5.75 Å². The second-order valence-electron chi connectivity index (χ2n) is 5.06. The van der Waals surface area contributed by atoms with E-state index in [-0.39, 0.29) is 0 Å². The molecule has 106 valence electrons. The number of benzene rings is 1. The van der Waals surface area contributed by atoms with E-state index >= 15 is 0 Å². The van der Waals surface area contributed by atoms with Gasteiger partial charge >= 0.3 is 0 Å². The van der Waals surface area contributed by atoms with Gasteiger partial charge in [-0.15, -0.1) is 0 Å². The van der Waals surface area contributed by atoms with E-state index < -0.39 is 6.10 Å². The fraction of sp³-hybridized carbons (Fsp3) is 0.600. The van der Waals surface area contributed by atoms with E-state index in [4.69, 9.17) is 21.1 Å². The normalized spacial score (nSPS) is 23.8. The Morgan fingerprint density at radius 2 is 2.16 bits per heavy atom. The van der Waals surface area contributed by atoms with Gasteiger partial charge in [0.25, 0.3) is 0 Å². The summed E-state index contributed by atoms with van der Waals surface area (Å²) in [7, 11) is 1.58. The minimum atomic E-state index is -0.462. The molecule has 1 saturated carbocycles. The van der Waals surface area contributed by atoms with E-state index in [0.717, 1.165) is 31.4 Å². The second kappa shape index (κ2) is 6.60. The molecular formula is C15H21ClO3. The zero-order chi connectivity index (χ0) is 13.8. The number of rotatable bonds is 6. The molecule has 1 aromatic rings. The van der Waals surface area contributed by atoms with Crippen LogP contribution in [0.2, 0.25) is 5.02 Å². The van der Waals surface area contributed by atoms with Crippen molar-refractivity contribution in [2.75, 3.05) is 13.7 Å². The van der Waals surface area contributed by atoms with Crippen molar-refractivity contribution in [2.45, 2.75) is 38.4 Å². The topological polar surface area (TPSA) is 38.7 Å². The summed E-state index contributed by atoms with van der Waals surface area (Å²) < 4.78 is 10.6. The van der Waals surface area contributed by atoms with Gasteiger partial charge in [-0.05, 0) is 49.8 Å². The average Bonchev–Trinajstić information content (AvgIpc) is 2.36. The SMILES string of the molecule is CCOC1CC(CC(O)c2ccc(OC)c(Cl)c2)C1. The van der Waals surface area contributed by atoms with Gasteiger partial charge in [-0.1, -0.05) is 17.7 Å². The van der Waals surface area contributed by atoms with Crippen molar-refractivity contribution in [2.24, 2.45) is 5.92 Å². The molecule has 1 N–H and O–H groups in total. The first-order valence-corrected chi connectivity index (χ1v) is 7.15. The van der Waals surface area contributed by atoms with Gasteiger partial charge in [0.2, 0.25) is 0 Å². The number of methoxy groups -OCH3 is 1. The summed E-state index contributed by atoms with van der Waals surface area (Å²) in [5.74, 6) is 1.19. The minimum Gasteiger partial charge on any atom is -0.495 e. The first kappa shape index (κ1) is 14.6. The largest absolute Gasteiger partial charge is 0.495 e. The molecule has 0 bridgehead atoms. The number of ether oxygens (including phenoxy) is 2. The Hall–Kier alpha value is -0.770. The van der Waals surface area contributed by atoms with Crippen molar-refractivity contribution < 1.29 is 14.6 Å². The molecule has 1 aliphatic carbocycles. The molecule has 3 nitrogen and oxygen atoms in total. The van der Waals surface area contributed by atoms with E-state index in [9.17, 15) is 5.11 Å². The Labute approximate surface area is 119 Å². The lowest BCUT2D eigenvalue weighted by atomic mass is 9.78. The molecule has 0 spiro atoms. The number of aliphatic hydroxyl groups excluding tert-OH is 1. The van der Waals surface area contributed by atoms with Crippen molar-refractivity contribution in [1.82, 2.24) is 0 Å². The van der Waals surface area contributed by atoms with Crippen LogP contribution in [-0.4, -0.2) is 24.9 Å². The lowest BCUT2D eigenvalue weighted by Crippen LogP contribution is -2.32. The summed E-state index contributed by atoms with van der Waals surface area (Å²) >= 11 is 6.07. The molecular weight excluding hydrogens is 264 g/mol. The monoisotopic (exact) mass is 284 g/mol. The van der Waals surface area contributed by atoms with Gasteiger partial charge in [-0.2, -0.15) is 0 Å². The molecule has 0 amide bonds. The van der Waals surface area contributed by atoms with Crippen LogP contribution in [0.4, 0.5) is 0 Å². The van der Waals surface area contributed by atoms with Crippen LogP contribution in [0.15, 0.2) is 18.2 Å². The standard InChI is InChI=1S/C15H21ClO3/c1-3-19-12-6-10(7-12)8-14(17)11-4-5-15(18-2)13(16)9-11/h4-5,9-10,12,14,17H,3,6-8H2,1-2H3. The van der Waals surface area contributed by atoms with Crippen molar-refractivity contribution in [3.63, 3.8) is 0 Å². The average molecular weight is 285 g/mol. The zero-order valence-corrected chi connectivity index (χ0v) is 12.2. The highest BCUT2D eigenvalue weighted by atomic mass is 35.5. The number of hydrogen-bond donors (Lipinski definition) is 1. The van der Waals surface area contributed by atoms with Crippen LogP contribution in [0.25, 0.3) is 0 Å². The third-order valence-corrected chi connectivity index (χ3v) is 4.01. The highest BCUT2D eigenvalue weighted by Crippen LogP contribution is 2.38. The molecule has 0 aromatic heterocycles. The molecule has 1 fully saturated rings. The van der Waals surface area contributed by atoms with Gasteiger partial charge in [-0.25, -0.2) is 0 Å².